The molecule has 88 valence electrons. The maximum Gasteiger partial charge on any atom is 0.554 e. The standard InChI is InChI=1S/C8H5N3O6/c9-4-2-1-3-5-6(4)17-8(11(14)15)7(16-5)10(12)13/h1-3H,9H2. The van der Waals surface area contributed by atoms with Gasteiger partial charge in [-0.15, -0.1) is 0 Å². The number of rotatable bonds is 2. The SMILES string of the molecule is Nc1cccc2c1OC([N+](=O)[O-])=C([N+](=O)[O-])O2. The van der Waals surface area contributed by atoms with Crippen LogP contribution >= 0.6 is 0 Å². The molecule has 9 nitrogen and oxygen atoms in total. The zero-order chi connectivity index (χ0) is 12.6. The number of hydrogen-bond donors (Lipinski definition) is 1. The van der Waals surface area contributed by atoms with Crippen LogP contribution in [-0.4, -0.2) is 9.85 Å². The van der Waals surface area contributed by atoms with Crippen LogP contribution in [0.1, 0.15) is 0 Å². The number of hydrogen-bond acceptors (Lipinski definition) is 7. The number of benzene rings is 1. The van der Waals surface area contributed by atoms with Crippen molar-refractivity contribution in [3.05, 3.63) is 50.2 Å². The summed E-state index contributed by atoms with van der Waals surface area (Å²) in [4.78, 5) is 19.1. The van der Waals surface area contributed by atoms with Crippen molar-refractivity contribution in [3.63, 3.8) is 0 Å². The van der Waals surface area contributed by atoms with Crippen molar-refractivity contribution >= 4 is 5.69 Å². The monoisotopic (exact) mass is 239 g/mol. The Bertz CT molecular complexity index is 552. The molecular formula is C8H5N3O6. The van der Waals surface area contributed by atoms with E-state index in [1.807, 2.05) is 0 Å². The summed E-state index contributed by atoms with van der Waals surface area (Å²) in [5, 5.41) is 21.2. The van der Waals surface area contributed by atoms with Crippen LogP contribution in [0.15, 0.2) is 30.0 Å². The van der Waals surface area contributed by atoms with Gasteiger partial charge in [-0.3, -0.25) is 20.2 Å². The van der Waals surface area contributed by atoms with Gasteiger partial charge in [-0.1, -0.05) is 6.07 Å². The molecule has 0 fully saturated rings. The Balaban J connectivity index is 2.54. The van der Waals surface area contributed by atoms with E-state index in [0.29, 0.717) is 0 Å². The third kappa shape index (κ3) is 1.69. The summed E-state index contributed by atoms with van der Waals surface area (Å²) in [5.41, 5.74) is 5.59. The molecular weight excluding hydrogens is 234 g/mol. The van der Waals surface area contributed by atoms with E-state index < -0.39 is 21.6 Å². The van der Waals surface area contributed by atoms with Crippen LogP contribution in [0.3, 0.4) is 0 Å². The molecule has 1 aromatic carbocycles. The van der Waals surface area contributed by atoms with Crippen LogP contribution in [0.2, 0.25) is 0 Å². The number of nitro groups is 2. The molecule has 0 aliphatic carbocycles. The second-order valence-corrected chi connectivity index (χ2v) is 3.00. The number of nitrogens with two attached hydrogens (primary N) is 1. The first-order valence-corrected chi connectivity index (χ1v) is 4.28. The van der Waals surface area contributed by atoms with Gasteiger partial charge in [0.05, 0.1) is 5.69 Å². The first kappa shape index (κ1) is 10.7. The van der Waals surface area contributed by atoms with Crippen molar-refractivity contribution in [3.8, 4) is 11.5 Å². The Morgan fingerprint density at radius 3 is 2.24 bits per heavy atom. The quantitative estimate of drug-likeness (QED) is 0.456. The van der Waals surface area contributed by atoms with E-state index in [1.54, 1.807) is 0 Å². The van der Waals surface area contributed by atoms with Gasteiger partial charge in [0.1, 0.15) is 9.85 Å². The molecule has 0 spiro atoms. The summed E-state index contributed by atoms with van der Waals surface area (Å²) in [6.45, 7) is 0. The number of para-hydroxylation sites is 1. The summed E-state index contributed by atoms with van der Waals surface area (Å²) in [6.07, 6.45) is 0. The average molecular weight is 239 g/mol. The molecule has 1 aliphatic heterocycles. The lowest BCUT2D eigenvalue weighted by Crippen LogP contribution is -2.23. The van der Waals surface area contributed by atoms with Crippen LogP contribution in [-0.2, 0) is 0 Å². The van der Waals surface area contributed by atoms with E-state index in [0.717, 1.165) is 0 Å². The summed E-state index contributed by atoms with van der Waals surface area (Å²) in [7, 11) is 0. The molecule has 1 aliphatic rings. The lowest BCUT2D eigenvalue weighted by atomic mass is 10.2. The predicted octanol–water partition coefficient (Wildman–Crippen LogP) is 0.720. The van der Waals surface area contributed by atoms with Gasteiger partial charge < -0.3 is 15.2 Å². The zero-order valence-electron chi connectivity index (χ0n) is 8.15. The Labute approximate surface area is 93.3 Å². The highest BCUT2D eigenvalue weighted by Crippen LogP contribution is 2.39. The molecule has 0 saturated heterocycles. The number of fused-ring (bicyclic) bond motifs is 1. The van der Waals surface area contributed by atoms with Gasteiger partial charge in [0, 0.05) is 0 Å². The Morgan fingerprint density at radius 2 is 1.65 bits per heavy atom. The molecule has 9 heteroatoms. The maximum absolute atomic E-state index is 10.6. The number of nitrogens with zero attached hydrogens (tertiary/aromatic N) is 2. The van der Waals surface area contributed by atoms with Crippen molar-refractivity contribution in [2.75, 3.05) is 5.73 Å². The van der Waals surface area contributed by atoms with Gasteiger partial charge in [0.15, 0.2) is 11.5 Å². The molecule has 1 aromatic rings. The molecule has 2 N–H and O–H groups in total. The van der Waals surface area contributed by atoms with Crippen LogP contribution in [0.5, 0.6) is 11.5 Å². The molecule has 0 aromatic heterocycles. The third-order valence-electron chi connectivity index (χ3n) is 1.93. The van der Waals surface area contributed by atoms with Crippen molar-refractivity contribution in [1.29, 1.82) is 0 Å². The highest BCUT2D eigenvalue weighted by atomic mass is 16.7. The molecule has 1 heterocycles. The maximum atomic E-state index is 10.6. The molecule has 0 saturated carbocycles. The first-order valence-electron chi connectivity index (χ1n) is 4.28. The lowest BCUT2D eigenvalue weighted by molar-refractivity contribution is -0.510. The van der Waals surface area contributed by atoms with Gasteiger partial charge in [-0.05, 0) is 12.1 Å². The molecule has 0 radical (unpaired) electrons. The predicted molar refractivity (Wildman–Crippen MR) is 53.1 cm³/mol. The Kier molecular flexibility index (Phi) is 2.28. The Hall–Kier alpha value is -2.84. The van der Waals surface area contributed by atoms with Gasteiger partial charge >= 0.3 is 11.8 Å². The summed E-state index contributed by atoms with van der Waals surface area (Å²) in [6, 6.07) is 4.26. The minimum absolute atomic E-state index is 0.0395. The molecule has 2 rings (SSSR count). The second-order valence-electron chi connectivity index (χ2n) is 3.00. The van der Waals surface area contributed by atoms with E-state index in [2.05, 4.69) is 0 Å². The summed E-state index contributed by atoms with van der Waals surface area (Å²) < 4.78 is 9.57. The topological polar surface area (TPSA) is 131 Å². The number of anilines is 1. The van der Waals surface area contributed by atoms with E-state index >= 15 is 0 Å². The molecule has 0 unspecified atom stereocenters. The smallest absolute Gasteiger partial charge is 0.396 e. The minimum Gasteiger partial charge on any atom is -0.396 e. The van der Waals surface area contributed by atoms with Crippen LogP contribution in [0.4, 0.5) is 5.69 Å². The van der Waals surface area contributed by atoms with Gasteiger partial charge in [0.25, 0.3) is 0 Å². The fraction of sp³-hybridized carbons (Fsp3) is 0. The number of nitrogen functional groups attached to an aromatic ring is 1. The largest absolute Gasteiger partial charge is 0.554 e. The fourth-order valence-electron chi connectivity index (χ4n) is 1.24. The van der Waals surface area contributed by atoms with Gasteiger partial charge in [-0.25, -0.2) is 0 Å². The third-order valence-corrected chi connectivity index (χ3v) is 1.93. The Morgan fingerprint density at radius 1 is 1.06 bits per heavy atom. The fourth-order valence-corrected chi connectivity index (χ4v) is 1.24. The van der Waals surface area contributed by atoms with Gasteiger partial charge in [0.2, 0.25) is 0 Å². The van der Waals surface area contributed by atoms with E-state index in [-0.39, 0.29) is 17.2 Å². The van der Waals surface area contributed by atoms with Crippen LogP contribution in [0.25, 0.3) is 0 Å². The molecule has 0 atom stereocenters. The average Bonchev–Trinajstić information content (AvgIpc) is 2.27. The van der Waals surface area contributed by atoms with Crippen molar-refractivity contribution < 1.29 is 19.3 Å². The highest BCUT2D eigenvalue weighted by molar-refractivity contribution is 5.61. The normalized spacial score (nSPS) is 13.4. The van der Waals surface area contributed by atoms with Crippen molar-refractivity contribution in [2.24, 2.45) is 0 Å². The molecule has 0 amide bonds. The summed E-state index contributed by atoms with van der Waals surface area (Å²) in [5.74, 6) is -2.32. The first-order chi connectivity index (χ1) is 8.00. The summed E-state index contributed by atoms with van der Waals surface area (Å²) >= 11 is 0. The van der Waals surface area contributed by atoms with E-state index in [9.17, 15) is 20.2 Å². The highest BCUT2D eigenvalue weighted by Gasteiger charge is 2.41. The van der Waals surface area contributed by atoms with E-state index in [1.165, 1.54) is 18.2 Å². The second kappa shape index (κ2) is 3.63. The van der Waals surface area contributed by atoms with Crippen molar-refractivity contribution in [1.82, 2.24) is 0 Å². The van der Waals surface area contributed by atoms with Crippen molar-refractivity contribution in [2.45, 2.75) is 0 Å². The lowest BCUT2D eigenvalue weighted by Gasteiger charge is -2.14. The molecule has 17 heavy (non-hydrogen) atoms. The minimum atomic E-state index is -1.10. The van der Waals surface area contributed by atoms with E-state index in [4.69, 9.17) is 15.2 Å². The number of ether oxygens (including phenoxy) is 2. The zero-order valence-corrected chi connectivity index (χ0v) is 8.15. The molecule has 0 bridgehead atoms. The van der Waals surface area contributed by atoms with Crippen LogP contribution in [0, 0.1) is 20.2 Å². The van der Waals surface area contributed by atoms with Gasteiger partial charge in [-0.2, -0.15) is 0 Å². The van der Waals surface area contributed by atoms with Crippen LogP contribution < -0.4 is 15.2 Å².